The fourth-order valence-corrected chi connectivity index (χ4v) is 28.6. The first-order chi connectivity index (χ1) is 62.5. The van der Waals surface area contributed by atoms with Crippen LogP contribution in [0.5, 0.6) is 0 Å². The molecule has 0 aliphatic carbocycles. The summed E-state index contributed by atoms with van der Waals surface area (Å²) < 4.78 is 37.6. The molecule has 0 spiro atoms. The fraction of sp³-hybridized carbons (Fsp3) is 0.113. The Balaban J connectivity index is 0.000000172. The van der Waals surface area contributed by atoms with E-state index in [9.17, 15) is 0 Å². The van der Waals surface area contributed by atoms with Gasteiger partial charge in [-0.1, -0.05) is 291 Å². The molecular formula is C115H96N8Pt2Si2-2. The number of para-hydroxylation sites is 7. The number of fused-ring (bicyclic) bond motifs is 8. The third kappa shape index (κ3) is 15.0. The molecule has 0 unspecified atom stereocenters. The predicted octanol–water partition coefficient (Wildman–Crippen LogP) is 22.7. The first-order valence-corrected chi connectivity index (χ1v) is 47.5. The van der Waals surface area contributed by atoms with Gasteiger partial charge in [-0.2, -0.15) is 80.8 Å². The maximum absolute atomic E-state index is 8.37. The number of hydrogen-bond donors (Lipinski definition) is 0. The molecule has 0 fully saturated rings. The number of imidazole rings is 2. The number of benzene rings is 15. The summed E-state index contributed by atoms with van der Waals surface area (Å²) in [5, 5.41) is 13.9. The summed E-state index contributed by atoms with van der Waals surface area (Å²) in [6, 6.07) is 149. The topological polar surface area (TPSA) is 55.4 Å². The van der Waals surface area contributed by atoms with Crippen molar-refractivity contribution in [3.8, 4) is 51.0 Å². The van der Waals surface area contributed by atoms with Crippen LogP contribution in [0.15, 0.2) is 395 Å². The molecule has 15 aromatic carbocycles. The van der Waals surface area contributed by atoms with Gasteiger partial charge in [0.25, 0.3) is 0 Å². The first kappa shape index (κ1) is 81.0. The van der Waals surface area contributed by atoms with Gasteiger partial charge in [0.15, 0.2) is 34.7 Å². The van der Waals surface area contributed by atoms with Crippen molar-refractivity contribution >= 4 is 123 Å². The zero-order valence-electron chi connectivity index (χ0n) is 75.0. The predicted molar refractivity (Wildman–Crippen MR) is 528 cm³/mol. The number of aromatic nitrogens is 8. The first-order valence-electron chi connectivity index (χ1n) is 45.0. The molecule has 12 heteroatoms. The van der Waals surface area contributed by atoms with E-state index in [-0.39, 0.29) is 42.1 Å². The Kier molecular flexibility index (Phi) is 22.8. The minimum Gasteiger partial charge on any atom is -0.319 e. The van der Waals surface area contributed by atoms with Gasteiger partial charge < -0.3 is 9.13 Å². The molecule has 0 radical (unpaired) electrons. The normalized spacial score (nSPS) is 12.3. The molecule has 8 nitrogen and oxygen atoms in total. The minimum atomic E-state index is -3.23. The van der Waals surface area contributed by atoms with Gasteiger partial charge >= 0.3 is 0 Å². The summed E-state index contributed by atoms with van der Waals surface area (Å²) in [7, 11) is -6.38. The number of hydrogen-bond acceptors (Lipinski definition) is 2. The molecule has 626 valence electrons. The Morgan fingerprint density at radius 1 is 0.291 bits per heavy atom. The van der Waals surface area contributed by atoms with E-state index in [0.717, 1.165) is 110 Å². The van der Waals surface area contributed by atoms with E-state index in [0.29, 0.717) is 29.2 Å². The average Bonchev–Trinajstić information content (AvgIpc) is 1.44. The number of rotatable bonds is 19. The van der Waals surface area contributed by atoms with Crippen LogP contribution in [-0.4, -0.2) is 53.5 Å². The Labute approximate surface area is 779 Å². The summed E-state index contributed by atoms with van der Waals surface area (Å²) >= 11 is 0. The zero-order valence-corrected chi connectivity index (χ0v) is 78.6. The molecule has 0 saturated heterocycles. The summed E-state index contributed by atoms with van der Waals surface area (Å²) in [6.45, 7) is 15.9. The second kappa shape index (κ2) is 35.8. The van der Waals surface area contributed by atoms with Crippen LogP contribution < -0.4 is 41.5 Å². The number of nitrogens with zero attached hydrogens (tertiary/aromatic N) is 8. The smallest absolute Gasteiger partial charge is 0.188 e. The van der Waals surface area contributed by atoms with Crippen molar-refractivity contribution in [3.05, 3.63) is 442 Å². The van der Waals surface area contributed by atoms with Crippen molar-refractivity contribution < 1.29 is 46.2 Å². The van der Waals surface area contributed by atoms with Gasteiger partial charge in [0, 0.05) is 112 Å². The summed E-state index contributed by atoms with van der Waals surface area (Å²) in [6.07, 6.45) is 7.81. The van der Waals surface area contributed by atoms with Gasteiger partial charge in [-0.25, -0.2) is 23.7 Å². The minimum absolute atomic E-state index is 0. The molecule has 6 heterocycles. The van der Waals surface area contributed by atoms with Gasteiger partial charge in [0.05, 0.1) is 0 Å². The molecular weight excluding hydrogens is 1940 g/mol. The average molecular weight is 2040 g/mol. The van der Waals surface area contributed by atoms with Crippen molar-refractivity contribution in [1.29, 1.82) is 0 Å². The van der Waals surface area contributed by atoms with Crippen LogP contribution >= 0.6 is 0 Å². The Bertz CT molecular complexity index is 7590. The second-order valence-corrected chi connectivity index (χ2v) is 41.4. The zero-order chi connectivity index (χ0) is 87.5. The van der Waals surface area contributed by atoms with E-state index in [1.807, 2.05) is 47.3 Å². The quantitative estimate of drug-likeness (QED) is 0.0460. The maximum atomic E-state index is 8.37. The van der Waals surface area contributed by atoms with Crippen molar-refractivity contribution in [2.45, 2.75) is 79.1 Å². The molecule has 21 aromatic rings. The van der Waals surface area contributed by atoms with Gasteiger partial charge in [-0.15, -0.1) is 40.2 Å². The molecule has 0 bridgehead atoms. The van der Waals surface area contributed by atoms with Crippen LogP contribution in [-0.2, 0) is 49.1 Å². The number of pyridine rings is 2. The Hall–Kier alpha value is -13.0. The summed E-state index contributed by atoms with van der Waals surface area (Å²) in [5.41, 5.74) is 20.9. The Morgan fingerprint density at radius 2 is 0.614 bits per heavy atom. The molecule has 127 heavy (non-hydrogen) atoms. The van der Waals surface area contributed by atoms with Crippen LogP contribution in [0.3, 0.4) is 0 Å². The van der Waals surface area contributed by atoms with E-state index < -0.39 is 23.1 Å². The third-order valence-electron chi connectivity index (χ3n) is 25.3. The van der Waals surface area contributed by atoms with Gasteiger partial charge in [-0.3, -0.25) is 0 Å². The van der Waals surface area contributed by atoms with E-state index in [4.69, 9.17) is 14.1 Å². The molecule has 6 aromatic heterocycles. The van der Waals surface area contributed by atoms with E-state index in [1.54, 1.807) is 6.33 Å². The largest absolute Gasteiger partial charge is 0.319 e. The number of aryl methyl sites for hydroxylation is 1. The van der Waals surface area contributed by atoms with Crippen molar-refractivity contribution in [2.24, 2.45) is 6.98 Å². The van der Waals surface area contributed by atoms with Crippen molar-refractivity contribution in [3.63, 3.8) is 0 Å². The van der Waals surface area contributed by atoms with Gasteiger partial charge in [-0.05, 0) is 160 Å². The summed E-state index contributed by atoms with van der Waals surface area (Å²) in [5.74, 6) is 3.15. The summed E-state index contributed by atoms with van der Waals surface area (Å²) in [4.78, 5) is 10.3. The standard InChI is InChI=1S/C60H49N4Si.C55H47N4Si.2Pt/c1-42(2)51-29-19-30-52(43(3)4)60(51)44-36-37-61-59(38-44)64-55-31-15-14-28-53(55)54-35-34-50(40-58(54)64)65(47-23-10-6-11-24-47,48-25-12-7-13-26-48)49-27-18-22-46(39-49)63-41-62(45-20-8-5-9-21-45)56-32-16-17-33-57(56)63;1-38(2)46-25-17-26-47(39(3)4)55(46)40-32-33-56-54(34-40)59-50-27-13-12-24-48(50)49-31-30-45(36-53(49)59)60(42-19-8-6-9-20-42,43-21-10-7-11-22-43)44-23-16-18-41(35-44)58-37-57(5)51-28-14-15-29-52(51)58;;/h5-38,41-43H,1-4H3;6-34,37-39H,1-5H3;;/q2*-1;;/i;5D3;;. The molecule has 0 aliphatic rings. The van der Waals surface area contributed by atoms with E-state index in [1.165, 1.54) is 69.6 Å². The fourth-order valence-electron chi connectivity index (χ4n) is 19.5. The SMILES string of the molecule is CC(C)c1cccc(C(C)C)c1-c1ccnc(-n2c3[c-]c([Si](c4[c-]c(-n5[cH+]n(-c6ccccc6)c6ccccc65)ccc4)(c4ccccc4)c4ccccc4)ccc3c3ccccc32)c1.[2H]C([2H])([2H])n1[cH+]n(-c2[c-]c([Si](c3[c-]c4c(cc3)c3ccccc3n4-c3cc(-c4c(C(C)C)cccc4C(C)C)ccn3)(c3ccccc3)c3ccccc3)ccc2)c2ccccc21.[Pt].[Pt]. The van der Waals surface area contributed by atoms with Crippen LogP contribution in [0, 0.1) is 24.3 Å². The van der Waals surface area contributed by atoms with Crippen LogP contribution in [0.2, 0.25) is 0 Å². The Morgan fingerprint density at radius 3 is 1.00 bits per heavy atom. The molecule has 0 N–H and O–H groups in total. The van der Waals surface area contributed by atoms with Crippen molar-refractivity contribution in [2.75, 3.05) is 0 Å². The van der Waals surface area contributed by atoms with Crippen molar-refractivity contribution in [1.82, 2.24) is 37.4 Å². The molecule has 0 aliphatic heterocycles. The van der Waals surface area contributed by atoms with Gasteiger partial charge in [0.2, 0.25) is 0 Å². The molecule has 0 atom stereocenters. The van der Waals surface area contributed by atoms with Crippen LogP contribution in [0.1, 0.15) is 105 Å². The van der Waals surface area contributed by atoms with E-state index in [2.05, 4.69) is 444 Å². The second-order valence-electron chi connectivity index (χ2n) is 33.9. The maximum Gasteiger partial charge on any atom is 0.188 e. The van der Waals surface area contributed by atoms with Gasteiger partial charge in [0.1, 0.15) is 33.5 Å². The van der Waals surface area contributed by atoms with Crippen LogP contribution in [0.4, 0.5) is 0 Å². The monoisotopic (exact) mass is 2040 g/mol. The molecule has 21 rings (SSSR count). The van der Waals surface area contributed by atoms with Crippen LogP contribution in [0.25, 0.3) is 117 Å². The molecule has 0 amide bonds. The third-order valence-corrected chi connectivity index (χ3v) is 34.5. The molecule has 0 saturated carbocycles. The van der Waals surface area contributed by atoms with E-state index >= 15 is 0 Å².